The summed E-state index contributed by atoms with van der Waals surface area (Å²) in [6.07, 6.45) is -1.36. The monoisotopic (exact) mass is 522 g/mol. The normalized spacial score (nSPS) is 24.5. The summed E-state index contributed by atoms with van der Waals surface area (Å²) in [6, 6.07) is 1.58. The Bertz CT molecular complexity index is 1390. The Morgan fingerprint density at radius 2 is 2.08 bits per heavy atom. The molecule has 3 aliphatic rings. The number of pyridine rings is 1. The van der Waals surface area contributed by atoms with Crippen molar-refractivity contribution in [1.82, 2.24) is 14.8 Å². The summed E-state index contributed by atoms with van der Waals surface area (Å²) in [5.41, 5.74) is -3.86. The lowest BCUT2D eigenvalue weighted by Crippen LogP contribution is -2.52. The minimum absolute atomic E-state index is 0.0171. The van der Waals surface area contributed by atoms with Crippen molar-refractivity contribution < 1.29 is 37.1 Å². The molecule has 5 rings (SSSR count). The smallest absolute Gasteiger partial charge is 0.279 e. The average Bonchev–Trinajstić information content (AvgIpc) is 3.24. The Balaban J connectivity index is 1.54. The molecular formula is C24H22F4N4O5. The Kier molecular flexibility index (Phi) is 5.95. The number of carbonyl (C=O) groups is 2. The molecule has 2 N–H and O–H groups in total. The molecule has 1 spiro atoms. The Morgan fingerprint density at radius 3 is 2.76 bits per heavy atom. The fourth-order valence-corrected chi connectivity index (χ4v) is 5.19. The van der Waals surface area contributed by atoms with Crippen LogP contribution in [0.25, 0.3) is 0 Å². The molecule has 4 heterocycles. The van der Waals surface area contributed by atoms with Crippen molar-refractivity contribution in [3.63, 3.8) is 0 Å². The maximum atomic E-state index is 14.0. The van der Waals surface area contributed by atoms with Crippen LogP contribution in [-0.2, 0) is 11.4 Å². The fraction of sp³-hybridized carbons (Fsp3) is 0.417. The van der Waals surface area contributed by atoms with Gasteiger partial charge in [-0.15, -0.1) is 0 Å². The Hall–Kier alpha value is -3.90. The number of aromatic nitrogens is 1. The summed E-state index contributed by atoms with van der Waals surface area (Å²) in [7, 11) is 0. The number of amides is 2. The maximum Gasteiger partial charge on any atom is 0.279 e. The van der Waals surface area contributed by atoms with Crippen molar-refractivity contribution in [3.05, 3.63) is 63.1 Å². The number of halogens is 4. The number of nitrogens with zero attached hydrogens (tertiary/aromatic N) is 3. The Morgan fingerprint density at radius 1 is 1.32 bits per heavy atom. The molecule has 1 fully saturated rings. The molecule has 196 valence electrons. The van der Waals surface area contributed by atoms with Gasteiger partial charge in [-0.3, -0.25) is 14.4 Å². The molecule has 0 radical (unpaired) electrons. The van der Waals surface area contributed by atoms with Crippen molar-refractivity contribution in [2.75, 3.05) is 6.54 Å². The van der Waals surface area contributed by atoms with E-state index in [1.54, 1.807) is 6.92 Å². The zero-order valence-corrected chi connectivity index (χ0v) is 19.5. The highest BCUT2D eigenvalue weighted by Crippen LogP contribution is 2.46. The van der Waals surface area contributed by atoms with Crippen LogP contribution in [0, 0.1) is 11.6 Å². The van der Waals surface area contributed by atoms with Crippen molar-refractivity contribution >= 4 is 17.5 Å². The van der Waals surface area contributed by atoms with E-state index in [-0.39, 0.29) is 43.2 Å². The van der Waals surface area contributed by atoms with Crippen molar-refractivity contribution in [2.45, 2.75) is 56.8 Å². The van der Waals surface area contributed by atoms with Gasteiger partial charge >= 0.3 is 0 Å². The van der Waals surface area contributed by atoms with Gasteiger partial charge in [0, 0.05) is 43.4 Å². The van der Waals surface area contributed by atoms with E-state index in [4.69, 9.17) is 4.84 Å². The molecule has 0 saturated carbocycles. The van der Waals surface area contributed by atoms with Gasteiger partial charge in [0.05, 0.1) is 6.04 Å². The van der Waals surface area contributed by atoms with Gasteiger partial charge in [-0.05, 0) is 25.8 Å². The average molecular weight is 522 g/mol. The largest absolute Gasteiger partial charge is 0.503 e. The number of hydrogen-bond acceptors (Lipinski definition) is 6. The van der Waals surface area contributed by atoms with Gasteiger partial charge in [0.15, 0.2) is 17.0 Å². The molecule has 3 aliphatic heterocycles. The van der Waals surface area contributed by atoms with Crippen LogP contribution in [-0.4, -0.2) is 56.7 Å². The van der Waals surface area contributed by atoms with E-state index in [1.807, 2.05) is 0 Å². The zero-order chi connectivity index (χ0) is 26.6. The van der Waals surface area contributed by atoms with Crippen molar-refractivity contribution in [2.24, 2.45) is 5.16 Å². The number of oxime groups is 1. The van der Waals surface area contributed by atoms with Gasteiger partial charge in [-0.25, -0.2) is 17.6 Å². The number of aromatic hydroxyl groups is 1. The number of carbonyl (C=O) groups excluding carboxylic acids is 2. The van der Waals surface area contributed by atoms with Crippen molar-refractivity contribution in [3.8, 4) is 5.75 Å². The SMILES string of the molecule is C[C@H]1CC[C@]2(CC(C(F)F)=NO2)[C@H]2CN1C(=O)c1c(O)c(=O)c(C(=O)NCc3ccc(F)cc3F)cn12. The van der Waals surface area contributed by atoms with E-state index in [0.29, 0.717) is 12.5 Å². The van der Waals surface area contributed by atoms with Gasteiger partial charge in [0.25, 0.3) is 18.2 Å². The van der Waals surface area contributed by atoms with Crippen LogP contribution in [0.15, 0.2) is 34.3 Å². The molecule has 37 heavy (non-hydrogen) atoms. The standard InChI is InChI=1S/C24H22F4N4O5/c1-11-4-5-24(7-16(21(27)28)30-37-24)17-10-31(11)23(36)18-20(34)19(33)14(9-32(17)18)22(35)29-8-12-2-3-13(25)6-15(12)26/h2-3,6,9,11,17,21,34H,4-5,7-8,10H2,1H3,(H,29,35)/t11-,17+,24-/m0/s1. The molecule has 2 aromatic rings. The molecule has 0 aliphatic carbocycles. The number of rotatable bonds is 4. The van der Waals surface area contributed by atoms with Gasteiger partial charge in [-0.1, -0.05) is 11.2 Å². The maximum absolute atomic E-state index is 14.0. The third kappa shape index (κ3) is 4.02. The first-order chi connectivity index (χ1) is 17.5. The summed E-state index contributed by atoms with van der Waals surface area (Å²) in [5.74, 6) is -4.31. The van der Waals surface area contributed by atoms with Crippen LogP contribution in [0.4, 0.5) is 17.6 Å². The topological polar surface area (TPSA) is 113 Å². The third-order valence-electron chi connectivity index (χ3n) is 7.28. The number of fused-ring (bicyclic) bond motifs is 5. The van der Waals surface area contributed by atoms with E-state index >= 15 is 0 Å². The summed E-state index contributed by atoms with van der Waals surface area (Å²) in [6.45, 7) is 1.39. The Labute approximate surface area is 207 Å². The second-order valence-electron chi connectivity index (χ2n) is 9.47. The number of hydrogen-bond donors (Lipinski definition) is 2. The van der Waals surface area contributed by atoms with Gasteiger partial charge in [-0.2, -0.15) is 0 Å². The third-order valence-corrected chi connectivity index (χ3v) is 7.28. The van der Waals surface area contributed by atoms with Crippen LogP contribution in [0.1, 0.15) is 58.6 Å². The van der Waals surface area contributed by atoms with E-state index in [2.05, 4.69) is 10.5 Å². The molecule has 9 nitrogen and oxygen atoms in total. The molecular weight excluding hydrogens is 500 g/mol. The van der Waals surface area contributed by atoms with Gasteiger partial charge in [0.2, 0.25) is 5.43 Å². The van der Waals surface area contributed by atoms with Crippen LogP contribution in [0.2, 0.25) is 0 Å². The summed E-state index contributed by atoms with van der Waals surface area (Å²) in [5, 5.41) is 16.7. The number of alkyl halides is 2. The van der Waals surface area contributed by atoms with E-state index < -0.39 is 64.0 Å². The predicted molar refractivity (Wildman–Crippen MR) is 121 cm³/mol. The lowest BCUT2D eigenvalue weighted by molar-refractivity contribution is -0.0655. The molecule has 13 heteroatoms. The van der Waals surface area contributed by atoms with Gasteiger partial charge in [0.1, 0.15) is 22.9 Å². The lowest BCUT2D eigenvalue weighted by atomic mass is 9.84. The highest BCUT2D eigenvalue weighted by atomic mass is 19.3. The molecule has 2 bridgehead atoms. The summed E-state index contributed by atoms with van der Waals surface area (Å²) in [4.78, 5) is 46.1. The molecule has 2 amide bonds. The quantitative estimate of drug-likeness (QED) is 0.600. The highest BCUT2D eigenvalue weighted by molar-refractivity contribution is 5.99. The molecule has 1 aromatic carbocycles. The van der Waals surface area contributed by atoms with Crippen molar-refractivity contribution in [1.29, 1.82) is 0 Å². The van der Waals surface area contributed by atoms with Crippen LogP contribution in [0.3, 0.4) is 0 Å². The summed E-state index contributed by atoms with van der Waals surface area (Å²) < 4.78 is 55.2. The second kappa shape index (κ2) is 8.89. The minimum Gasteiger partial charge on any atom is -0.503 e. The fourth-order valence-electron chi connectivity index (χ4n) is 5.19. The highest BCUT2D eigenvalue weighted by Gasteiger charge is 2.55. The zero-order valence-electron chi connectivity index (χ0n) is 19.5. The molecule has 0 unspecified atom stereocenters. The number of benzene rings is 1. The molecule has 1 saturated heterocycles. The molecule has 3 atom stereocenters. The van der Waals surface area contributed by atoms with E-state index in [0.717, 1.165) is 18.3 Å². The number of nitrogens with one attached hydrogen (secondary N) is 1. The van der Waals surface area contributed by atoms with Gasteiger partial charge < -0.3 is 24.7 Å². The first-order valence-corrected chi connectivity index (χ1v) is 11.6. The van der Waals surface area contributed by atoms with Crippen LogP contribution < -0.4 is 10.7 Å². The molecule has 1 aromatic heterocycles. The van der Waals surface area contributed by atoms with E-state index in [9.17, 15) is 37.1 Å². The van der Waals surface area contributed by atoms with E-state index in [1.165, 1.54) is 9.47 Å². The first-order valence-electron chi connectivity index (χ1n) is 11.6. The lowest BCUT2D eigenvalue weighted by Gasteiger charge is -2.41. The van der Waals surface area contributed by atoms with Crippen LogP contribution >= 0.6 is 0 Å². The second-order valence-corrected chi connectivity index (χ2v) is 9.47. The minimum atomic E-state index is -2.85. The van der Waals surface area contributed by atoms with Crippen LogP contribution in [0.5, 0.6) is 5.75 Å². The first kappa shape index (κ1) is 24.8. The predicted octanol–water partition coefficient (Wildman–Crippen LogP) is 2.72. The summed E-state index contributed by atoms with van der Waals surface area (Å²) >= 11 is 0.